The van der Waals surface area contributed by atoms with E-state index in [1.807, 2.05) is 17.1 Å². The molecule has 1 aromatic rings. The average Bonchev–Trinajstić information content (AvgIpc) is 3.09. The molecule has 0 aliphatic carbocycles. The van der Waals surface area contributed by atoms with Gasteiger partial charge in [0.1, 0.15) is 0 Å². The quantitative estimate of drug-likeness (QED) is 0.837. The molecule has 5 nitrogen and oxygen atoms in total. The zero-order valence-corrected chi connectivity index (χ0v) is 13.2. The van der Waals surface area contributed by atoms with Gasteiger partial charge in [-0.25, -0.2) is 8.78 Å². The highest BCUT2D eigenvalue weighted by molar-refractivity contribution is 5.89. The van der Waals surface area contributed by atoms with E-state index in [0.717, 1.165) is 12.1 Å². The number of amides is 2. The molecule has 0 spiro atoms. The van der Waals surface area contributed by atoms with Crippen LogP contribution >= 0.6 is 0 Å². The van der Waals surface area contributed by atoms with E-state index in [-0.39, 0.29) is 18.2 Å². The van der Waals surface area contributed by atoms with Gasteiger partial charge in [0.05, 0.1) is 12.5 Å². The summed E-state index contributed by atoms with van der Waals surface area (Å²) >= 11 is 0. The van der Waals surface area contributed by atoms with Crippen molar-refractivity contribution in [3.8, 4) is 0 Å². The van der Waals surface area contributed by atoms with E-state index in [4.69, 9.17) is 0 Å². The number of carbonyl (C=O) groups excluding carboxylic acids is 2. The monoisotopic (exact) mass is 335 g/mol. The molecule has 0 unspecified atom stereocenters. The molecule has 1 N–H and O–H groups in total. The third kappa shape index (κ3) is 3.62. The summed E-state index contributed by atoms with van der Waals surface area (Å²) in [6, 6.07) is 3.10. The summed E-state index contributed by atoms with van der Waals surface area (Å²) in [5.74, 6) is -2.10. The van der Waals surface area contributed by atoms with Crippen LogP contribution in [0.4, 0.5) is 8.78 Å². The van der Waals surface area contributed by atoms with Crippen molar-refractivity contribution in [2.45, 2.75) is 19.0 Å². The van der Waals surface area contributed by atoms with Gasteiger partial charge in [-0.2, -0.15) is 0 Å². The minimum Gasteiger partial charge on any atom is -0.353 e. The maximum absolute atomic E-state index is 13.4. The van der Waals surface area contributed by atoms with E-state index in [0.29, 0.717) is 38.3 Å². The van der Waals surface area contributed by atoms with E-state index in [2.05, 4.69) is 5.32 Å². The Hall–Kier alpha value is -2.28. The van der Waals surface area contributed by atoms with Gasteiger partial charge in [0, 0.05) is 32.7 Å². The second-order valence-corrected chi connectivity index (χ2v) is 6.00. The Bertz CT molecular complexity index is 670. The second kappa shape index (κ2) is 7.09. The molecule has 1 fully saturated rings. The topological polar surface area (TPSA) is 52.7 Å². The number of piperazine rings is 1. The van der Waals surface area contributed by atoms with Gasteiger partial charge < -0.3 is 10.2 Å². The number of halogens is 2. The van der Waals surface area contributed by atoms with E-state index in [1.165, 1.54) is 6.07 Å². The Balaban J connectivity index is 1.70. The van der Waals surface area contributed by atoms with Gasteiger partial charge in [-0.05, 0) is 17.7 Å². The van der Waals surface area contributed by atoms with Crippen LogP contribution in [0, 0.1) is 11.6 Å². The molecule has 0 saturated carbocycles. The molecule has 2 amide bonds. The molecule has 1 aromatic carbocycles. The Morgan fingerprint density at radius 1 is 1.21 bits per heavy atom. The molecule has 2 aliphatic rings. The summed E-state index contributed by atoms with van der Waals surface area (Å²) in [5.41, 5.74) is 0.573. The molecule has 2 heterocycles. The molecular formula is C17H19F2N3O2. The zero-order valence-electron chi connectivity index (χ0n) is 13.2. The number of nitrogens with zero attached hydrogens (tertiary/aromatic N) is 2. The van der Waals surface area contributed by atoms with E-state index in [9.17, 15) is 18.4 Å². The summed E-state index contributed by atoms with van der Waals surface area (Å²) in [7, 11) is 0. The molecule has 0 aromatic heterocycles. The molecule has 1 saturated heterocycles. The lowest BCUT2D eigenvalue weighted by Crippen LogP contribution is -2.56. The van der Waals surface area contributed by atoms with Crippen molar-refractivity contribution < 1.29 is 18.4 Å². The molecule has 7 heteroatoms. The van der Waals surface area contributed by atoms with Crippen LogP contribution in [0.1, 0.15) is 12.0 Å². The molecule has 0 bridgehead atoms. The van der Waals surface area contributed by atoms with Crippen molar-refractivity contribution in [3.63, 3.8) is 0 Å². The van der Waals surface area contributed by atoms with Crippen LogP contribution in [0.2, 0.25) is 0 Å². The number of rotatable bonds is 4. The van der Waals surface area contributed by atoms with Crippen molar-refractivity contribution in [3.05, 3.63) is 47.5 Å². The molecule has 128 valence electrons. The molecule has 3 rings (SSSR count). The minimum atomic E-state index is -0.912. The zero-order chi connectivity index (χ0) is 17.1. The van der Waals surface area contributed by atoms with Gasteiger partial charge in [-0.3, -0.25) is 14.5 Å². The summed E-state index contributed by atoms with van der Waals surface area (Å²) in [5, 5.41) is 2.76. The van der Waals surface area contributed by atoms with Gasteiger partial charge in [-0.1, -0.05) is 18.2 Å². The van der Waals surface area contributed by atoms with Crippen LogP contribution in [0.15, 0.2) is 30.4 Å². The SMILES string of the molecule is O=C1NCCN(Cc2ccc(F)c(F)c2)[C@H]1CC(=O)N1CC=CC1. The lowest BCUT2D eigenvalue weighted by molar-refractivity contribution is -0.138. The fourth-order valence-corrected chi connectivity index (χ4v) is 3.02. The van der Waals surface area contributed by atoms with Crippen LogP contribution in [-0.4, -0.2) is 53.8 Å². The van der Waals surface area contributed by atoms with Gasteiger partial charge in [0.25, 0.3) is 0 Å². The summed E-state index contributed by atoms with van der Waals surface area (Å²) in [4.78, 5) is 28.0. The van der Waals surface area contributed by atoms with Crippen molar-refractivity contribution >= 4 is 11.8 Å². The Kier molecular flexibility index (Phi) is 4.89. The van der Waals surface area contributed by atoms with Gasteiger partial charge in [0.15, 0.2) is 11.6 Å². The first-order valence-electron chi connectivity index (χ1n) is 7.93. The number of hydrogen-bond donors (Lipinski definition) is 1. The third-order valence-electron chi connectivity index (χ3n) is 4.35. The van der Waals surface area contributed by atoms with Crippen molar-refractivity contribution in [1.29, 1.82) is 0 Å². The predicted octanol–water partition coefficient (Wildman–Crippen LogP) is 1.05. The van der Waals surface area contributed by atoms with Crippen LogP contribution < -0.4 is 5.32 Å². The largest absolute Gasteiger partial charge is 0.353 e. The Morgan fingerprint density at radius 2 is 1.96 bits per heavy atom. The van der Waals surface area contributed by atoms with Crippen molar-refractivity contribution in [1.82, 2.24) is 15.1 Å². The lowest BCUT2D eigenvalue weighted by Gasteiger charge is -2.35. The number of benzene rings is 1. The van der Waals surface area contributed by atoms with Gasteiger partial charge in [-0.15, -0.1) is 0 Å². The van der Waals surface area contributed by atoms with E-state index >= 15 is 0 Å². The average molecular weight is 335 g/mol. The van der Waals surface area contributed by atoms with Crippen LogP contribution in [0.25, 0.3) is 0 Å². The first-order chi connectivity index (χ1) is 11.5. The fourth-order valence-electron chi connectivity index (χ4n) is 3.02. The Morgan fingerprint density at radius 3 is 2.67 bits per heavy atom. The lowest BCUT2D eigenvalue weighted by atomic mass is 10.1. The first-order valence-corrected chi connectivity index (χ1v) is 7.93. The molecule has 2 aliphatic heterocycles. The van der Waals surface area contributed by atoms with Crippen LogP contribution in [0.5, 0.6) is 0 Å². The van der Waals surface area contributed by atoms with Crippen molar-refractivity contribution in [2.75, 3.05) is 26.2 Å². The third-order valence-corrected chi connectivity index (χ3v) is 4.35. The fraction of sp³-hybridized carbons (Fsp3) is 0.412. The highest BCUT2D eigenvalue weighted by atomic mass is 19.2. The van der Waals surface area contributed by atoms with Gasteiger partial charge in [0.2, 0.25) is 11.8 Å². The smallest absolute Gasteiger partial charge is 0.237 e. The minimum absolute atomic E-state index is 0.0805. The number of carbonyl (C=O) groups is 2. The molecule has 1 atom stereocenters. The van der Waals surface area contributed by atoms with Gasteiger partial charge >= 0.3 is 0 Å². The predicted molar refractivity (Wildman–Crippen MR) is 83.9 cm³/mol. The number of nitrogens with one attached hydrogen (secondary N) is 1. The molecule has 24 heavy (non-hydrogen) atoms. The summed E-state index contributed by atoms with van der Waals surface area (Å²) in [6.07, 6.45) is 3.91. The van der Waals surface area contributed by atoms with Crippen LogP contribution in [0.3, 0.4) is 0 Å². The molecule has 0 radical (unpaired) electrons. The van der Waals surface area contributed by atoms with E-state index < -0.39 is 17.7 Å². The Labute approximate surface area is 138 Å². The summed E-state index contributed by atoms with van der Waals surface area (Å²) in [6.45, 7) is 2.45. The molecular weight excluding hydrogens is 316 g/mol. The number of hydrogen-bond acceptors (Lipinski definition) is 3. The van der Waals surface area contributed by atoms with Crippen molar-refractivity contribution in [2.24, 2.45) is 0 Å². The normalized spacial score (nSPS) is 21.2. The second-order valence-electron chi connectivity index (χ2n) is 6.00. The summed E-state index contributed by atoms with van der Waals surface area (Å²) < 4.78 is 26.4. The highest BCUT2D eigenvalue weighted by Gasteiger charge is 2.33. The maximum atomic E-state index is 13.4. The maximum Gasteiger partial charge on any atom is 0.237 e. The standard InChI is InChI=1S/C17H19F2N3O2/c18-13-4-3-12(9-14(13)19)11-22-8-5-20-17(24)15(22)10-16(23)21-6-1-2-7-21/h1-4,9,15H,5-8,10-11H2,(H,20,24)/t15-/m0/s1. The van der Waals surface area contributed by atoms with Crippen LogP contribution in [-0.2, 0) is 16.1 Å². The highest BCUT2D eigenvalue weighted by Crippen LogP contribution is 2.17. The van der Waals surface area contributed by atoms with E-state index in [1.54, 1.807) is 4.90 Å². The first kappa shape index (κ1) is 16.6.